The topological polar surface area (TPSA) is 70.8 Å². The summed E-state index contributed by atoms with van der Waals surface area (Å²) in [6, 6.07) is 0. The molecule has 0 saturated heterocycles. The van der Waals surface area contributed by atoms with Gasteiger partial charge in [-0.15, -0.1) is 0 Å². The molecule has 2 unspecified atom stereocenters. The quantitative estimate of drug-likeness (QED) is 0.483. The summed E-state index contributed by atoms with van der Waals surface area (Å²) in [4.78, 5) is 0. The molecule has 2 atom stereocenters. The Kier molecular flexibility index (Phi) is 14.4. The molecule has 0 aliphatic heterocycles. The maximum Gasteiger partial charge on any atom is 0.0701 e. The Morgan fingerprint density at radius 1 is 1.00 bits per heavy atom. The van der Waals surface area contributed by atoms with E-state index in [2.05, 4.69) is 6.92 Å². The van der Waals surface area contributed by atoms with Gasteiger partial charge in [-0.1, -0.05) is 13.3 Å². The van der Waals surface area contributed by atoms with Crippen LogP contribution in [0.1, 0.15) is 26.7 Å². The molecule has 0 spiro atoms. The van der Waals surface area contributed by atoms with Crippen molar-refractivity contribution in [2.75, 3.05) is 51.9 Å². The van der Waals surface area contributed by atoms with Crippen LogP contribution < -0.4 is 5.73 Å². The van der Waals surface area contributed by atoms with Crippen LogP contribution in [-0.4, -0.2) is 61.4 Å². The lowest BCUT2D eigenvalue weighted by molar-refractivity contribution is 0.0168. The van der Waals surface area contributed by atoms with Crippen molar-refractivity contribution in [3.05, 3.63) is 0 Å². The summed E-state index contributed by atoms with van der Waals surface area (Å²) < 4.78 is 27.6. The summed E-state index contributed by atoms with van der Waals surface area (Å²) in [6.45, 7) is 8.10. The van der Waals surface area contributed by atoms with E-state index in [0.29, 0.717) is 45.3 Å². The van der Waals surface area contributed by atoms with E-state index >= 15 is 0 Å². The zero-order chi connectivity index (χ0) is 14.3. The lowest BCUT2D eigenvalue weighted by Crippen LogP contribution is -2.25. The van der Waals surface area contributed by atoms with Gasteiger partial charge in [0.1, 0.15) is 0 Å². The molecule has 0 saturated carbocycles. The first kappa shape index (κ1) is 19.0. The third-order valence-electron chi connectivity index (χ3n) is 2.60. The van der Waals surface area contributed by atoms with Gasteiger partial charge in [0, 0.05) is 35.0 Å². The van der Waals surface area contributed by atoms with Gasteiger partial charge in [-0.25, -0.2) is 0 Å². The van der Waals surface area contributed by atoms with Crippen LogP contribution >= 0.6 is 0 Å². The number of hydrogen-bond donors (Lipinski definition) is 1. The zero-order valence-electron chi connectivity index (χ0n) is 12.3. The van der Waals surface area contributed by atoms with Gasteiger partial charge in [0.25, 0.3) is 0 Å². The van der Waals surface area contributed by atoms with Crippen molar-refractivity contribution in [2.24, 2.45) is 5.73 Å². The Morgan fingerprint density at radius 2 is 1.53 bits per heavy atom. The third kappa shape index (κ3) is 12.8. The minimum Gasteiger partial charge on any atom is -0.379 e. The normalized spacial score (nSPS) is 14.5. The molecule has 19 heavy (non-hydrogen) atoms. The molecule has 0 aliphatic carbocycles. The van der Waals surface area contributed by atoms with E-state index in [1.807, 2.05) is 6.92 Å². The highest BCUT2D eigenvalue weighted by Crippen LogP contribution is 1.94. The summed E-state index contributed by atoms with van der Waals surface area (Å²) in [5.74, 6) is 0.540. The van der Waals surface area contributed by atoms with Crippen molar-refractivity contribution in [3.8, 4) is 0 Å². The fourth-order valence-corrected chi connectivity index (χ4v) is 2.14. The van der Waals surface area contributed by atoms with Gasteiger partial charge < -0.3 is 19.9 Å². The number of ether oxygens (including phenoxy) is 3. The predicted molar refractivity (Wildman–Crippen MR) is 78.9 cm³/mol. The standard InChI is InChI=1S/C13H29NO4S/c1-3-4-5-16-6-7-17-8-9-18-10-11-19(15)13(2)12-14/h13H,3-12,14H2,1-2H3. The lowest BCUT2D eigenvalue weighted by Gasteiger charge is -2.09. The van der Waals surface area contributed by atoms with E-state index in [1.165, 1.54) is 0 Å². The minimum atomic E-state index is -0.889. The van der Waals surface area contributed by atoms with Gasteiger partial charge >= 0.3 is 0 Å². The monoisotopic (exact) mass is 295 g/mol. The first-order chi connectivity index (χ1) is 9.22. The largest absolute Gasteiger partial charge is 0.379 e. The van der Waals surface area contributed by atoms with Gasteiger partial charge in [-0.2, -0.15) is 0 Å². The molecule has 5 nitrogen and oxygen atoms in total. The molecule has 6 heteroatoms. The number of hydrogen-bond acceptors (Lipinski definition) is 5. The SMILES string of the molecule is CCCCOCCOCCOCCS(=O)C(C)CN. The molecule has 0 aliphatic rings. The highest BCUT2D eigenvalue weighted by molar-refractivity contribution is 7.85. The molecule has 116 valence electrons. The van der Waals surface area contributed by atoms with Crippen molar-refractivity contribution in [1.82, 2.24) is 0 Å². The smallest absolute Gasteiger partial charge is 0.0701 e. The van der Waals surface area contributed by atoms with E-state index in [0.717, 1.165) is 19.4 Å². The molecule has 2 N–H and O–H groups in total. The zero-order valence-corrected chi connectivity index (χ0v) is 13.1. The molecular formula is C13H29NO4S. The maximum atomic E-state index is 11.5. The highest BCUT2D eigenvalue weighted by atomic mass is 32.2. The van der Waals surface area contributed by atoms with Crippen LogP contribution in [0.5, 0.6) is 0 Å². The van der Waals surface area contributed by atoms with Crippen molar-refractivity contribution < 1.29 is 18.4 Å². The molecule has 0 heterocycles. The predicted octanol–water partition coefficient (Wildman–Crippen LogP) is 0.932. The molecule has 0 amide bonds. The Bertz CT molecular complexity index is 217. The van der Waals surface area contributed by atoms with Crippen LogP contribution in [0.4, 0.5) is 0 Å². The lowest BCUT2D eigenvalue weighted by atomic mass is 10.4. The van der Waals surface area contributed by atoms with Crippen LogP contribution in [-0.2, 0) is 25.0 Å². The number of unbranched alkanes of at least 4 members (excludes halogenated alkanes) is 1. The third-order valence-corrected chi connectivity index (χ3v) is 4.25. The maximum absolute atomic E-state index is 11.5. The Labute approximate surface area is 119 Å². The van der Waals surface area contributed by atoms with Gasteiger partial charge in [0.15, 0.2) is 0 Å². The summed E-state index contributed by atoms with van der Waals surface area (Å²) >= 11 is 0. The summed E-state index contributed by atoms with van der Waals surface area (Å²) in [7, 11) is -0.889. The van der Waals surface area contributed by atoms with E-state index < -0.39 is 10.8 Å². The average molecular weight is 295 g/mol. The Morgan fingerprint density at radius 3 is 2.05 bits per heavy atom. The second kappa shape index (κ2) is 14.4. The second-order valence-corrected chi connectivity index (χ2v) is 6.30. The van der Waals surface area contributed by atoms with Crippen LogP contribution in [0.15, 0.2) is 0 Å². The first-order valence-electron chi connectivity index (χ1n) is 7.02. The summed E-state index contributed by atoms with van der Waals surface area (Å²) in [5, 5.41) is 0.0418. The van der Waals surface area contributed by atoms with Crippen molar-refractivity contribution >= 4 is 10.8 Å². The fraction of sp³-hybridized carbons (Fsp3) is 1.00. The minimum absolute atomic E-state index is 0.0418. The van der Waals surface area contributed by atoms with E-state index in [9.17, 15) is 4.21 Å². The van der Waals surface area contributed by atoms with Gasteiger partial charge in [0.2, 0.25) is 0 Å². The van der Waals surface area contributed by atoms with Crippen LogP contribution in [0, 0.1) is 0 Å². The first-order valence-corrected chi connectivity index (χ1v) is 8.41. The highest BCUT2D eigenvalue weighted by Gasteiger charge is 2.07. The van der Waals surface area contributed by atoms with Gasteiger partial charge in [-0.05, 0) is 13.3 Å². The molecule has 0 aromatic rings. The number of nitrogens with two attached hydrogens (primary N) is 1. The van der Waals surface area contributed by atoms with Crippen molar-refractivity contribution in [3.63, 3.8) is 0 Å². The molecule has 0 aromatic heterocycles. The fourth-order valence-electron chi connectivity index (χ4n) is 1.24. The van der Waals surface area contributed by atoms with Gasteiger partial charge in [0.05, 0.1) is 33.0 Å². The summed E-state index contributed by atoms with van der Waals surface area (Å²) in [5.41, 5.74) is 5.44. The van der Waals surface area contributed by atoms with Crippen LogP contribution in [0.3, 0.4) is 0 Å². The van der Waals surface area contributed by atoms with E-state index in [1.54, 1.807) is 0 Å². The molecule has 0 aromatic carbocycles. The van der Waals surface area contributed by atoms with Crippen molar-refractivity contribution in [1.29, 1.82) is 0 Å². The number of rotatable bonds is 14. The van der Waals surface area contributed by atoms with Gasteiger partial charge in [-0.3, -0.25) is 4.21 Å². The summed E-state index contributed by atoms with van der Waals surface area (Å²) in [6.07, 6.45) is 2.25. The van der Waals surface area contributed by atoms with E-state index in [-0.39, 0.29) is 5.25 Å². The average Bonchev–Trinajstić information content (AvgIpc) is 2.43. The molecular weight excluding hydrogens is 266 g/mol. The Balaban J connectivity index is 3.13. The van der Waals surface area contributed by atoms with Crippen LogP contribution in [0.25, 0.3) is 0 Å². The molecule has 0 fully saturated rings. The molecule has 0 rings (SSSR count). The van der Waals surface area contributed by atoms with E-state index in [4.69, 9.17) is 19.9 Å². The molecule has 0 bridgehead atoms. The molecule has 0 radical (unpaired) electrons. The Hall–Kier alpha value is -0.0100. The second-order valence-electron chi connectivity index (χ2n) is 4.32. The van der Waals surface area contributed by atoms with Crippen molar-refractivity contribution in [2.45, 2.75) is 31.9 Å². The van der Waals surface area contributed by atoms with Crippen LogP contribution in [0.2, 0.25) is 0 Å².